The van der Waals surface area contributed by atoms with E-state index in [-0.39, 0.29) is 29.3 Å². The van der Waals surface area contributed by atoms with Crippen LogP contribution in [-0.4, -0.2) is 45.2 Å². The Morgan fingerprint density at radius 2 is 1.84 bits per heavy atom. The van der Waals surface area contributed by atoms with Crippen LogP contribution in [0, 0.1) is 39.9 Å². The largest absolute Gasteiger partial charge is 0.481 e. The molecule has 0 aromatic heterocycles. The molecule has 4 N–H and O–H groups in total. The van der Waals surface area contributed by atoms with Gasteiger partial charge in [0.2, 0.25) is 0 Å². The summed E-state index contributed by atoms with van der Waals surface area (Å²) < 4.78 is 0. The Hall–Kier alpha value is -0.650. The van der Waals surface area contributed by atoms with E-state index in [0.29, 0.717) is 12.3 Å². The second-order valence-corrected chi connectivity index (χ2v) is 9.97. The molecule has 1 spiro atoms. The molecule has 0 aliphatic heterocycles. The van der Waals surface area contributed by atoms with E-state index in [2.05, 4.69) is 6.92 Å². The van der Waals surface area contributed by atoms with Gasteiger partial charge in [0.1, 0.15) is 0 Å². The normalized spacial score (nSPS) is 57.6. The van der Waals surface area contributed by atoms with E-state index >= 15 is 0 Å². The fourth-order valence-corrected chi connectivity index (χ4v) is 8.13. The zero-order chi connectivity index (χ0) is 18.2. The monoisotopic (exact) mass is 352 g/mol. The lowest BCUT2D eigenvalue weighted by Gasteiger charge is -2.66. The molecule has 4 fully saturated rings. The summed E-state index contributed by atoms with van der Waals surface area (Å²) in [6.07, 6.45) is 4.12. The molecule has 0 unspecified atom stereocenters. The highest BCUT2D eigenvalue weighted by atomic mass is 16.4. The molecule has 5 nitrogen and oxygen atoms in total. The number of fused-ring (bicyclic) bond motifs is 3. The first-order chi connectivity index (χ1) is 11.7. The van der Waals surface area contributed by atoms with Crippen molar-refractivity contribution in [3.05, 3.63) is 0 Å². The number of carbonyl (C=O) groups is 1. The topological polar surface area (TPSA) is 98.0 Å². The minimum atomic E-state index is -1.00. The minimum Gasteiger partial charge on any atom is -0.481 e. The van der Waals surface area contributed by atoms with Crippen LogP contribution in [0.25, 0.3) is 0 Å². The zero-order valence-corrected chi connectivity index (χ0v) is 15.3. The first-order valence-corrected chi connectivity index (χ1v) is 9.91. The van der Waals surface area contributed by atoms with E-state index in [4.69, 9.17) is 0 Å². The molecule has 4 aliphatic rings. The minimum absolute atomic E-state index is 0.148. The summed E-state index contributed by atoms with van der Waals surface area (Å²) in [5.74, 6) is -0.394. The number of hydrogen-bond donors (Lipinski definition) is 4. The number of aliphatic carboxylic acids is 1. The molecule has 0 saturated heterocycles. The maximum absolute atomic E-state index is 12.1. The van der Waals surface area contributed by atoms with Crippen molar-refractivity contribution < 1.29 is 25.2 Å². The smallest absolute Gasteiger partial charge is 0.309 e. The Morgan fingerprint density at radius 3 is 2.48 bits per heavy atom. The first kappa shape index (κ1) is 17.7. The Bertz CT molecular complexity index is 578. The van der Waals surface area contributed by atoms with Crippen LogP contribution in [-0.2, 0) is 4.79 Å². The fraction of sp³-hybridized carbons (Fsp3) is 0.950. The molecule has 0 radical (unpaired) electrons. The Balaban J connectivity index is 1.81. The molecular formula is C20H32O5. The highest BCUT2D eigenvalue weighted by Gasteiger charge is 2.71. The van der Waals surface area contributed by atoms with E-state index in [0.717, 1.165) is 38.5 Å². The van der Waals surface area contributed by atoms with Crippen molar-refractivity contribution in [3.63, 3.8) is 0 Å². The van der Waals surface area contributed by atoms with Crippen LogP contribution in [0.1, 0.15) is 58.8 Å². The van der Waals surface area contributed by atoms with Gasteiger partial charge in [0, 0.05) is 17.9 Å². The third-order valence-corrected chi connectivity index (χ3v) is 9.05. The van der Waals surface area contributed by atoms with Crippen molar-refractivity contribution in [2.45, 2.75) is 71.0 Å². The number of carboxylic acid groups (broad SMARTS) is 1. The molecule has 2 bridgehead atoms. The van der Waals surface area contributed by atoms with E-state index in [1.54, 1.807) is 6.92 Å². The van der Waals surface area contributed by atoms with Gasteiger partial charge in [0.05, 0.1) is 17.6 Å². The van der Waals surface area contributed by atoms with Gasteiger partial charge in [-0.2, -0.15) is 0 Å². The second-order valence-electron chi connectivity index (χ2n) is 9.97. The lowest BCUT2D eigenvalue weighted by Crippen LogP contribution is -2.68. The number of carboxylic acids is 1. The van der Waals surface area contributed by atoms with Crippen molar-refractivity contribution in [3.8, 4) is 0 Å². The average Bonchev–Trinajstić information content (AvgIpc) is 2.84. The van der Waals surface area contributed by atoms with Crippen LogP contribution in [0.5, 0.6) is 0 Å². The first-order valence-electron chi connectivity index (χ1n) is 9.91. The summed E-state index contributed by atoms with van der Waals surface area (Å²) in [7, 11) is 0. The number of rotatable bonds is 2. The molecule has 0 amide bonds. The predicted molar refractivity (Wildman–Crippen MR) is 91.7 cm³/mol. The van der Waals surface area contributed by atoms with Gasteiger partial charge < -0.3 is 20.4 Å². The fourth-order valence-electron chi connectivity index (χ4n) is 8.13. The standard InChI is InChI=1S/C20H32O5/c1-18-6-3-7-19(2,17(24)25)15(18)14(22)16(23)20-8-11(4-5-13(18)20)12(9-20)10-21/h11-16,21-23H,3-10H2,1-2H3,(H,24,25)/t11-,12-,13+,14+,15+,16+,18+,19-,20-/m1/s1. The van der Waals surface area contributed by atoms with Crippen LogP contribution in [0.2, 0.25) is 0 Å². The molecule has 0 aromatic rings. The molecule has 4 rings (SSSR count). The van der Waals surface area contributed by atoms with Gasteiger partial charge in [-0.1, -0.05) is 13.3 Å². The van der Waals surface area contributed by atoms with Crippen LogP contribution in [0.15, 0.2) is 0 Å². The van der Waals surface area contributed by atoms with Crippen LogP contribution in [0.3, 0.4) is 0 Å². The van der Waals surface area contributed by atoms with Crippen LogP contribution >= 0.6 is 0 Å². The molecule has 9 atom stereocenters. The van der Waals surface area contributed by atoms with Gasteiger partial charge in [0.25, 0.3) is 0 Å². The van der Waals surface area contributed by atoms with Crippen molar-refractivity contribution in [2.75, 3.05) is 6.61 Å². The van der Waals surface area contributed by atoms with Crippen molar-refractivity contribution in [1.29, 1.82) is 0 Å². The van der Waals surface area contributed by atoms with Gasteiger partial charge >= 0.3 is 5.97 Å². The Kier molecular flexibility index (Phi) is 3.85. The molecule has 142 valence electrons. The predicted octanol–water partition coefficient (Wildman–Crippen LogP) is 2.03. The summed E-state index contributed by atoms with van der Waals surface area (Å²) in [5.41, 5.74) is -1.60. The molecule has 0 heterocycles. The van der Waals surface area contributed by atoms with Crippen molar-refractivity contribution in [1.82, 2.24) is 0 Å². The van der Waals surface area contributed by atoms with Gasteiger partial charge in [-0.25, -0.2) is 0 Å². The highest BCUT2D eigenvalue weighted by molar-refractivity contribution is 5.75. The maximum Gasteiger partial charge on any atom is 0.309 e. The summed E-state index contributed by atoms with van der Waals surface area (Å²) in [5, 5.41) is 42.1. The molecular weight excluding hydrogens is 320 g/mol. The number of aliphatic hydroxyl groups is 3. The Labute approximate surface area is 149 Å². The molecule has 4 aliphatic carbocycles. The molecule has 0 aromatic carbocycles. The van der Waals surface area contributed by atoms with Crippen molar-refractivity contribution in [2.24, 2.45) is 39.9 Å². The SMILES string of the molecule is C[C@@]12CCC[C@@](C)(C(=O)O)[C@H]1[C@H](O)[C@H](O)[C@@]13C[C@@H](CC[C@@H]21)[C@@H](CO)C3. The summed E-state index contributed by atoms with van der Waals surface area (Å²) in [4.78, 5) is 12.1. The molecule has 5 heteroatoms. The lowest BCUT2D eigenvalue weighted by atomic mass is 9.39. The van der Waals surface area contributed by atoms with Crippen molar-refractivity contribution >= 4 is 5.97 Å². The third-order valence-electron chi connectivity index (χ3n) is 9.05. The lowest BCUT2D eigenvalue weighted by molar-refractivity contribution is -0.254. The highest BCUT2D eigenvalue weighted by Crippen LogP contribution is 2.72. The zero-order valence-electron chi connectivity index (χ0n) is 15.3. The van der Waals surface area contributed by atoms with Gasteiger partial charge in [-0.3, -0.25) is 4.79 Å². The van der Waals surface area contributed by atoms with Crippen LogP contribution < -0.4 is 0 Å². The maximum atomic E-state index is 12.1. The quantitative estimate of drug-likeness (QED) is 0.610. The molecule has 4 saturated carbocycles. The number of aliphatic hydroxyl groups excluding tert-OH is 3. The van der Waals surface area contributed by atoms with E-state index in [1.165, 1.54) is 0 Å². The van der Waals surface area contributed by atoms with E-state index in [1.807, 2.05) is 0 Å². The van der Waals surface area contributed by atoms with Gasteiger partial charge in [0.15, 0.2) is 0 Å². The third kappa shape index (κ3) is 2.03. The summed E-state index contributed by atoms with van der Waals surface area (Å²) >= 11 is 0. The summed E-state index contributed by atoms with van der Waals surface area (Å²) in [6.45, 7) is 4.09. The van der Waals surface area contributed by atoms with Gasteiger partial charge in [-0.15, -0.1) is 0 Å². The van der Waals surface area contributed by atoms with E-state index < -0.39 is 29.5 Å². The summed E-state index contributed by atoms with van der Waals surface area (Å²) in [6, 6.07) is 0. The van der Waals surface area contributed by atoms with Crippen LogP contribution in [0.4, 0.5) is 0 Å². The Morgan fingerprint density at radius 1 is 1.12 bits per heavy atom. The average molecular weight is 352 g/mol. The molecule has 25 heavy (non-hydrogen) atoms. The van der Waals surface area contributed by atoms with Gasteiger partial charge in [-0.05, 0) is 68.6 Å². The number of hydrogen-bond acceptors (Lipinski definition) is 4. The second kappa shape index (κ2) is 5.43. The van der Waals surface area contributed by atoms with E-state index in [9.17, 15) is 25.2 Å².